The van der Waals surface area contributed by atoms with Crippen LogP contribution in [0.3, 0.4) is 0 Å². The molecule has 0 unspecified atom stereocenters. The lowest BCUT2D eigenvalue weighted by Gasteiger charge is -2.20. The standard InChI is InChI=1S/C11H15FN2O2/c1-8(2)13(3)7-9-5-4-6-10(11(9)12)14(15)16/h4-6,8H,7H2,1-3H3. The van der Waals surface area contributed by atoms with Crippen LogP contribution in [0.4, 0.5) is 10.1 Å². The van der Waals surface area contributed by atoms with Crippen LogP contribution in [0.1, 0.15) is 19.4 Å². The Labute approximate surface area is 93.8 Å². The highest BCUT2D eigenvalue weighted by atomic mass is 19.1. The normalized spacial score (nSPS) is 11.1. The molecule has 0 aliphatic heterocycles. The Hall–Kier alpha value is -1.49. The molecule has 0 radical (unpaired) electrons. The van der Waals surface area contributed by atoms with E-state index in [1.807, 2.05) is 25.8 Å². The molecule has 0 saturated heterocycles. The van der Waals surface area contributed by atoms with Crippen molar-refractivity contribution in [1.82, 2.24) is 4.90 Å². The zero-order chi connectivity index (χ0) is 12.3. The van der Waals surface area contributed by atoms with Crippen LogP contribution < -0.4 is 0 Å². The number of nitrogens with zero attached hydrogens (tertiary/aromatic N) is 2. The van der Waals surface area contributed by atoms with Gasteiger partial charge in [-0.25, -0.2) is 0 Å². The van der Waals surface area contributed by atoms with Gasteiger partial charge in [-0.2, -0.15) is 4.39 Å². The zero-order valence-electron chi connectivity index (χ0n) is 9.61. The van der Waals surface area contributed by atoms with Crippen molar-refractivity contribution in [3.63, 3.8) is 0 Å². The van der Waals surface area contributed by atoms with Crippen molar-refractivity contribution in [2.75, 3.05) is 7.05 Å². The first-order chi connectivity index (χ1) is 7.43. The van der Waals surface area contributed by atoms with Gasteiger partial charge in [-0.05, 0) is 20.9 Å². The molecule has 0 N–H and O–H groups in total. The minimum absolute atomic E-state index is 0.263. The second kappa shape index (κ2) is 5.03. The van der Waals surface area contributed by atoms with E-state index in [9.17, 15) is 14.5 Å². The summed E-state index contributed by atoms with van der Waals surface area (Å²) in [6.07, 6.45) is 0. The Morgan fingerprint density at radius 2 is 2.12 bits per heavy atom. The highest BCUT2D eigenvalue weighted by molar-refractivity contribution is 5.36. The van der Waals surface area contributed by atoms with E-state index in [0.29, 0.717) is 12.1 Å². The van der Waals surface area contributed by atoms with Crippen molar-refractivity contribution in [3.8, 4) is 0 Å². The molecule has 0 aromatic heterocycles. The Morgan fingerprint density at radius 3 is 2.62 bits per heavy atom. The van der Waals surface area contributed by atoms with Crippen LogP contribution in [0.2, 0.25) is 0 Å². The van der Waals surface area contributed by atoms with Crippen LogP contribution in [0.25, 0.3) is 0 Å². The molecule has 0 amide bonds. The number of hydrogen-bond donors (Lipinski definition) is 0. The number of benzene rings is 1. The third kappa shape index (κ3) is 2.76. The lowest BCUT2D eigenvalue weighted by molar-refractivity contribution is -0.387. The molecule has 0 saturated carbocycles. The number of halogens is 1. The number of hydrogen-bond acceptors (Lipinski definition) is 3. The molecule has 1 aromatic carbocycles. The molecular formula is C11H15FN2O2. The van der Waals surface area contributed by atoms with Gasteiger partial charge in [0.1, 0.15) is 0 Å². The van der Waals surface area contributed by atoms with Crippen molar-refractivity contribution in [2.24, 2.45) is 0 Å². The van der Waals surface area contributed by atoms with Gasteiger partial charge in [-0.1, -0.05) is 12.1 Å². The summed E-state index contributed by atoms with van der Waals surface area (Å²) in [6.45, 7) is 4.33. The summed E-state index contributed by atoms with van der Waals surface area (Å²) < 4.78 is 13.7. The van der Waals surface area contributed by atoms with Gasteiger partial charge >= 0.3 is 5.69 Å². The maximum absolute atomic E-state index is 13.7. The van der Waals surface area contributed by atoms with Gasteiger partial charge in [-0.3, -0.25) is 15.0 Å². The molecule has 0 fully saturated rings. The lowest BCUT2D eigenvalue weighted by atomic mass is 10.1. The maximum atomic E-state index is 13.7. The summed E-state index contributed by atoms with van der Waals surface area (Å²) >= 11 is 0. The lowest BCUT2D eigenvalue weighted by Crippen LogP contribution is -2.26. The SMILES string of the molecule is CC(C)N(C)Cc1cccc([N+](=O)[O-])c1F. The Morgan fingerprint density at radius 1 is 1.50 bits per heavy atom. The second-order valence-corrected chi connectivity index (χ2v) is 4.02. The maximum Gasteiger partial charge on any atom is 0.305 e. The predicted octanol–water partition coefficient (Wildman–Crippen LogP) is 2.57. The molecule has 0 bridgehead atoms. The molecule has 16 heavy (non-hydrogen) atoms. The van der Waals surface area contributed by atoms with E-state index in [1.165, 1.54) is 12.1 Å². The fourth-order valence-electron chi connectivity index (χ4n) is 1.28. The molecule has 1 rings (SSSR count). The zero-order valence-corrected chi connectivity index (χ0v) is 9.61. The van der Waals surface area contributed by atoms with Gasteiger partial charge in [0.05, 0.1) is 4.92 Å². The quantitative estimate of drug-likeness (QED) is 0.585. The number of nitro groups is 1. The largest absolute Gasteiger partial charge is 0.305 e. The molecule has 0 heterocycles. The van der Waals surface area contributed by atoms with E-state index in [2.05, 4.69) is 0 Å². The first kappa shape index (κ1) is 12.6. The summed E-state index contributed by atoms with van der Waals surface area (Å²) in [4.78, 5) is 11.8. The molecule has 0 aliphatic rings. The smallest absolute Gasteiger partial charge is 0.300 e. The third-order valence-corrected chi connectivity index (χ3v) is 2.56. The van der Waals surface area contributed by atoms with Crippen molar-refractivity contribution >= 4 is 5.69 Å². The van der Waals surface area contributed by atoms with Gasteiger partial charge in [0, 0.05) is 24.2 Å². The minimum atomic E-state index is -0.736. The van der Waals surface area contributed by atoms with Gasteiger partial charge in [0.25, 0.3) is 0 Å². The molecule has 88 valence electrons. The van der Waals surface area contributed by atoms with Crippen LogP contribution in [0.15, 0.2) is 18.2 Å². The van der Waals surface area contributed by atoms with Gasteiger partial charge in [0.2, 0.25) is 5.82 Å². The van der Waals surface area contributed by atoms with Crippen molar-refractivity contribution in [2.45, 2.75) is 26.4 Å². The number of nitro benzene ring substituents is 1. The minimum Gasteiger partial charge on any atom is -0.300 e. The van der Waals surface area contributed by atoms with Gasteiger partial charge in [-0.15, -0.1) is 0 Å². The fraction of sp³-hybridized carbons (Fsp3) is 0.455. The first-order valence-electron chi connectivity index (χ1n) is 5.05. The molecular weight excluding hydrogens is 211 g/mol. The van der Waals surface area contributed by atoms with Crippen LogP contribution in [0.5, 0.6) is 0 Å². The second-order valence-electron chi connectivity index (χ2n) is 4.02. The van der Waals surface area contributed by atoms with Crippen LogP contribution in [-0.4, -0.2) is 22.9 Å². The van der Waals surface area contributed by atoms with Crippen LogP contribution in [0, 0.1) is 15.9 Å². The summed E-state index contributed by atoms with van der Waals surface area (Å²) in [7, 11) is 1.85. The Balaban J connectivity index is 2.98. The van der Waals surface area contributed by atoms with E-state index >= 15 is 0 Å². The number of rotatable bonds is 4. The van der Waals surface area contributed by atoms with E-state index < -0.39 is 16.4 Å². The van der Waals surface area contributed by atoms with Gasteiger partial charge in [0.15, 0.2) is 0 Å². The van der Waals surface area contributed by atoms with E-state index in [0.717, 1.165) is 0 Å². The van der Waals surface area contributed by atoms with E-state index in [-0.39, 0.29) is 6.04 Å². The molecule has 5 heteroatoms. The molecule has 1 aromatic rings. The average Bonchev–Trinajstić information content (AvgIpc) is 2.20. The highest BCUT2D eigenvalue weighted by Crippen LogP contribution is 2.21. The summed E-state index contributed by atoms with van der Waals surface area (Å²) in [5.41, 5.74) is -0.111. The highest BCUT2D eigenvalue weighted by Gasteiger charge is 2.18. The first-order valence-corrected chi connectivity index (χ1v) is 5.05. The van der Waals surface area contributed by atoms with E-state index in [1.54, 1.807) is 6.07 Å². The van der Waals surface area contributed by atoms with Crippen molar-refractivity contribution in [1.29, 1.82) is 0 Å². The molecule has 4 nitrogen and oxygen atoms in total. The summed E-state index contributed by atoms with van der Waals surface area (Å²) in [6, 6.07) is 4.51. The third-order valence-electron chi connectivity index (χ3n) is 2.56. The molecule has 0 spiro atoms. The summed E-state index contributed by atoms with van der Waals surface area (Å²) in [5, 5.41) is 10.5. The van der Waals surface area contributed by atoms with Crippen LogP contribution in [-0.2, 0) is 6.54 Å². The Bertz CT molecular complexity index is 394. The summed E-state index contributed by atoms with van der Waals surface area (Å²) in [5.74, 6) is -0.736. The topological polar surface area (TPSA) is 46.4 Å². The van der Waals surface area contributed by atoms with E-state index in [4.69, 9.17) is 0 Å². The predicted molar refractivity (Wildman–Crippen MR) is 59.7 cm³/mol. The molecule has 0 aliphatic carbocycles. The fourth-order valence-corrected chi connectivity index (χ4v) is 1.28. The van der Waals surface area contributed by atoms with Gasteiger partial charge < -0.3 is 0 Å². The van der Waals surface area contributed by atoms with Crippen molar-refractivity contribution < 1.29 is 9.31 Å². The molecule has 0 atom stereocenters. The Kier molecular flexibility index (Phi) is 3.95. The monoisotopic (exact) mass is 226 g/mol. The van der Waals surface area contributed by atoms with Crippen LogP contribution >= 0.6 is 0 Å². The average molecular weight is 226 g/mol. The van der Waals surface area contributed by atoms with Crippen molar-refractivity contribution in [3.05, 3.63) is 39.7 Å².